The number of aromatic nitrogens is 3. The first-order valence-electron chi connectivity index (χ1n) is 10.4. The molecule has 33 heavy (non-hydrogen) atoms. The van der Waals surface area contributed by atoms with E-state index in [-0.39, 0.29) is 36.1 Å². The maximum Gasteiger partial charge on any atom is 0.416 e. The van der Waals surface area contributed by atoms with E-state index in [1.54, 1.807) is 18.3 Å². The third-order valence-electron chi connectivity index (χ3n) is 5.44. The van der Waals surface area contributed by atoms with E-state index in [0.29, 0.717) is 5.69 Å². The number of benzene rings is 1. The Kier molecular flexibility index (Phi) is 5.23. The SMILES string of the molecule is O=C(Nc1ccnc(N2CCC2)c1)N1CCOc2ncc(-c3cccc(C(F)(F)F)c3)nc21. The number of pyridine rings is 1. The Morgan fingerprint density at radius 2 is 1.94 bits per heavy atom. The number of nitrogens with one attached hydrogen (secondary N) is 1. The van der Waals surface area contributed by atoms with Crippen LogP contribution in [0.3, 0.4) is 0 Å². The fraction of sp³-hybridized carbons (Fsp3) is 0.273. The third kappa shape index (κ3) is 4.26. The van der Waals surface area contributed by atoms with Gasteiger partial charge in [0, 0.05) is 36.6 Å². The molecule has 8 nitrogen and oxygen atoms in total. The second-order valence-corrected chi connectivity index (χ2v) is 7.64. The normalized spacial score (nSPS) is 15.4. The van der Waals surface area contributed by atoms with Crippen LogP contribution in [0.4, 0.5) is 35.3 Å². The van der Waals surface area contributed by atoms with Crippen LogP contribution in [-0.2, 0) is 6.18 Å². The van der Waals surface area contributed by atoms with Gasteiger partial charge in [-0.05, 0) is 24.6 Å². The second-order valence-electron chi connectivity index (χ2n) is 7.64. The maximum atomic E-state index is 13.1. The summed E-state index contributed by atoms with van der Waals surface area (Å²) < 4.78 is 44.8. The summed E-state index contributed by atoms with van der Waals surface area (Å²) in [4.78, 5) is 29.4. The Hall–Kier alpha value is -3.89. The summed E-state index contributed by atoms with van der Waals surface area (Å²) in [5.74, 6) is 1.07. The molecule has 2 amide bonds. The smallest absolute Gasteiger partial charge is 0.416 e. The first-order valence-corrected chi connectivity index (χ1v) is 10.4. The summed E-state index contributed by atoms with van der Waals surface area (Å²) in [7, 11) is 0. The number of anilines is 3. The van der Waals surface area contributed by atoms with Gasteiger partial charge < -0.3 is 15.0 Å². The highest BCUT2D eigenvalue weighted by molar-refractivity contribution is 6.02. The number of hydrogen-bond donors (Lipinski definition) is 1. The number of urea groups is 1. The van der Waals surface area contributed by atoms with Gasteiger partial charge in [0.25, 0.3) is 5.88 Å². The van der Waals surface area contributed by atoms with Crippen molar-refractivity contribution >= 4 is 23.4 Å². The van der Waals surface area contributed by atoms with Crippen molar-refractivity contribution < 1.29 is 22.7 Å². The van der Waals surface area contributed by atoms with E-state index in [2.05, 4.69) is 25.2 Å². The summed E-state index contributed by atoms with van der Waals surface area (Å²) in [6.07, 6.45) is -0.415. The Balaban J connectivity index is 1.41. The lowest BCUT2D eigenvalue weighted by atomic mass is 10.1. The zero-order chi connectivity index (χ0) is 23.0. The van der Waals surface area contributed by atoms with Crippen molar-refractivity contribution in [1.82, 2.24) is 15.0 Å². The van der Waals surface area contributed by atoms with Crippen LogP contribution >= 0.6 is 0 Å². The van der Waals surface area contributed by atoms with Crippen LogP contribution < -0.4 is 19.9 Å². The summed E-state index contributed by atoms with van der Waals surface area (Å²) in [5.41, 5.74) is 0.222. The number of rotatable bonds is 3. The Labute approximate surface area is 187 Å². The number of halogens is 3. The van der Waals surface area contributed by atoms with Crippen LogP contribution in [0.2, 0.25) is 0 Å². The number of alkyl halides is 3. The number of hydrogen-bond acceptors (Lipinski definition) is 6. The molecule has 2 aliphatic heterocycles. The lowest BCUT2D eigenvalue weighted by molar-refractivity contribution is -0.137. The van der Waals surface area contributed by atoms with E-state index in [1.165, 1.54) is 23.2 Å². The van der Waals surface area contributed by atoms with Gasteiger partial charge in [-0.15, -0.1) is 0 Å². The van der Waals surface area contributed by atoms with Gasteiger partial charge in [-0.1, -0.05) is 12.1 Å². The highest BCUT2D eigenvalue weighted by Crippen LogP contribution is 2.34. The van der Waals surface area contributed by atoms with Gasteiger partial charge in [-0.3, -0.25) is 4.90 Å². The van der Waals surface area contributed by atoms with Gasteiger partial charge in [0.15, 0.2) is 0 Å². The molecule has 4 heterocycles. The molecule has 0 spiro atoms. The number of nitrogens with zero attached hydrogens (tertiary/aromatic N) is 5. The summed E-state index contributed by atoms with van der Waals surface area (Å²) in [6, 6.07) is 7.83. The van der Waals surface area contributed by atoms with Crippen molar-refractivity contribution in [2.75, 3.05) is 41.4 Å². The lowest BCUT2D eigenvalue weighted by Gasteiger charge is -2.32. The summed E-state index contributed by atoms with van der Waals surface area (Å²) in [5, 5.41) is 2.83. The van der Waals surface area contributed by atoms with Gasteiger partial charge in [0.05, 0.1) is 24.0 Å². The van der Waals surface area contributed by atoms with Crippen LogP contribution in [0.1, 0.15) is 12.0 Å². The lowest BCUT2D eigenvalue weighted by Crippen LogP contribution is -2.41. The molecule has 2 aromatic heterocycles. The minimum Gasteiger partial charge on any atom is -0.473 e. The molecule has 1 N–H and O–H groups in total. The van der Waals surface area contributed by atoms with Crippen LogP contribution in [0.15, 0.2) is 48.8 Å². The third-order valence-corrected chi connectivity index (χ3v) is 5.44. The molecule has 11 heteroatoms. The molecule has 0 bridgehead atoms. The highest BCUT2D eigenvalue weighted by Gasteiger charge is 2.31. The highest BCUT2D eigenvalue weighted by atomic mass is 19.4. The number of fused-ring (bicyclic) bond motifs is 1. The number of carbonyl (C=O) groups is 1. The monoisotopic (exact) mass is 456 g/mol. The summed E-state index contributed by atoms with van der Waals surface area (Å²) >= 11 is 0. The van der Waals surface area contributed by atoms with Crippen LogP contribution in [-0.4, -0.2) is 47.2 Å². The summed E-state index contributed by atoms with van der Waals surface area (Å²) in [6.45, 7) is 2.28. The van der Waals surface area contributed by atoms with Gasteiger partial charge in [0.2, 0.25) is 5.82 Å². The van der Waals surface area contributed by atoms with E-state index >= 15 is 0 Å². The number of carbonyl (C=O) groups excluding carboxylic acids is 1. The Bertz CT molecular complexity index is 1200. The van der Waals surface area contributed by atoms with Crippen molar-refractivity contribution in [3.8, 4) is 17.1 Å². The molecule has 0 aliphatic carbocycles. The molecule has 0 unspecified atom stereocenters. The van der Waals surface area contributed by atoms with E-state index in [9.17, 15) is 18.0 Å². The van der Waals surface area contributed by atoms with E-state index in [0.717, 1.165) is 37.5 Å². The molecule has 0 saturated carbocycles. The Morgan fingerprint density at radius 3 is 2.70 bits per heavy atom. The average Bonchev–Trinajstić information content (AvgIpc) is 2.77. The van der Waals surface area contributed by atoms with Gasteiger partial charge >= 0.3 is 12.2 Å². The van der Waals surface area contributed by atoms with Crippen molar-refractivity contribution in [2.45, 2.75) is 12.6 Å². The van der Waals surface area contributed by atoms with Gasteiger partial charge in [-0.25, -0.2) is 19.7 Å². The van der Waals surface area contributed by atoms with Gasteiger partial charge in [0.1, 0.15) is 12.4 Å². The minimum absolute atomic E-state index is 0.142. The minimum atomic E-state index is -4.48. The molecule has 0 atom stereocenters. The number of ether oxygens (including phenoxy) is 1. The first kappa shape index (κ1) is 21.0. The molecule has 170 valence electrons. The quantitative estimate of drug-likeness (QED) is 0.636. The zero-order valence-corrected chi connectivity index (χ0v) is 17.3. The van der Waals surface area contributed by atoms with Crippen molar-refractivity contribution in [3.05, 3.63) is 54.4 Å². The number of amides is 2. The van der Waals surface area contributed by atoms with E-state index in [4.69, 9.17) is 4.74 Å². The Morgan fingerprint density at radius 1 is 1.09 bits per heavy atom. The molecule has 1 fully saturated rings. The van der Waals surface area contributed by atoms with Gasteiger partial charge in [-0.2, -0.15) is 13.2 Å². The first-order chi connectivity index (χ1) is 15.9. The predicted molar refractivity (Wildman–Crippen MR) is 115 cm³/mol. The topological polar surface area (TPSA) is 83.5 Å². The standard InChI is InChI=1S/C22H19F3N6O2/c23-22(24,25)15-4-1-3-14(11-15)17-13-27-20-19(29-17)31(9-10-33-20)21(32)28-16-5-6-26-18(12-16)30-7-2-8-30/h1,3-6,11-13H,2,7-10H2,(H,26,28,32). The van der Waals surface area contributed by atoms with Crippen molar-refractivity contribution in [2.24, 2.45) is 0 Å². The fourth-order valence-corrected chi connectivity index (χ4v) is 3.58. The average molecular weight is 456 g/mol. The molecule has 1 saturated heterocycles. The van der Waals surface area contributed by atoms with E-state index < -0.39 is 17.8 Å². The molecular formula is C22H19F3N6O2. The molecule has 0 radical (unpaired) electrons. The molecule has 5 rings (SSSR count). The van der Waals surface area contributed by atoms with Crippen LogP contribution in [0, 0.1) is 0 Å². The van der Waals surface area contributed by atoms with Crippen LogP contribution in [0.5, 0.6) is 5.88 Å². The van der Waals surface area contributed by atoms with Crippen LogP contribution in [0.25, 0.3) is 11.3 Å². The molecule has 2 aliphatic rings. The maximum absolute atomic E-state index is 13.1. The zero-order valence-electron chi connectivity index (χ0n) is 17.3. The van der Waals surface area contributed by atoms with Crippen molar-refractivity contribution in [1.29, 1.82) is 0 Å². The van der Waals surface area contributed by atoms with E-state index in [1.807, 2.05) is 0 Å². The molecule has 1 aromatic carbocycles. The fourth-order valence-electron chi connectivity index (χ4n) is 3.58. The largest absolute Gasteiger partial charge is 0.473 e. The van der Waals surface area contributed by atoms with Crippen molar-refractivity contribution in [3.63, 3.8) is 0 Å². The second kappa shape index (κ2) is 8.23. The molecule has 3 aromatic rings. The molecular weight excluding hydrogens is 437 g/mol. The predicted octanol–water partition coefficient (Wildman–Crippen LogP) is 4.20.